The van der Waals surface area contributed by atoms with E-state index in [0.717, 1.165) is 0 Å². The van der Waals surface area contributed by atoms with Crippen molar-refractivity contribution < 1.29 is 4.65 Å². The number of hydrogen-bond donors (Lipinski definition) is 2. The second-order valence-electron chi connectivity index (χ2n) is 4.83. The van der Waals surface area contributed by atoms with Crippen LogP contribution in [-0.4, -0.2) is 28.6 Å². The topological polar surface area (TPSA) is 87.0 Å². The Morgan fingerprint density at radius 1 is 1.19 bits per heavy atom. The smallest absolute Gasteiger partial charge is 0.353 e. The lowest BCUT2D eigenvalue weighted by Crippen LogP contribution is -2.55. The predicted octanol–water partition coefficient (Wildman–Crippen LogP) is -0.164. The maximum absolute atomic E-state index is 6.00. The van der Waals surface area contributed by atoms with E-state index in [9.17, 15) is 0 Å². The number of anilines is 1. The molecule has 16 heavy (non-hydrogen) atoms. The maximum Gasteiger partial charge on any atom is 0.353 e. The van der Waals surface area contributed by atoms with Crippen molar-refractivity contribution in [1.29, 1.82) is 0 Å². The number of nitrogens with zero attached hydrogens (tertiary/aromatic N) is 2. The summed E-state index contributed by atoms with van der Waals surface area (Å²) >= 11 is 0. The lowest BCUT2D eigenvalue weighted by atomic mass is 9.83. The van der Waals surface area contributed by atoms with Crippen molar-refractivity contribution in [2.24, 2.45) is 5.73 Å². The van der Waals surface area contributed by atoms with Gasteiger partial charge in [-0.2, -0.15) is 0 Å². The van der Waals surface area contributed by atoms with E-state index in [1.165, 1.54) is 6.20 Å². The summed E-state index contributed by atoms with van der Waals surface area (Å²) in [6, 6.07) is 0. The molecule has 5 nitrogen and oxygen atoms in total. The quantitative estimate of drug-likeness (QED) is 0.689. The van der Waals surface area contributed by atoms with Gasteiger partial charge in [0.05, 0.1) is 17.4 Å². The highest BCUT2D eigenvalue weighted by Gasteiger charge is 2.34. The Kier molecular flexibility index (Phi) is 3.55. The third-order valence-electron chi connectivity index (χ3n) is 2.72. The van der Waals surface area contributed by atoms with E-state index in [1.807, 2.05) is 27.7 Å². The number of aromatic nitrogens is 2. The van der Waals surface area contributed by atoms with Gasteiger partial charge < -0.3 is 16.1 Å². The lowest BCUT2D eigenvalue weighted by Gasteiger charge is -2.38. The molecule has 1 aromatic rings. The zero-order chi connectivity index (χ0) is 12.4. The van der Waals surface area contributed by atoms with Gasteiger partial charge in [0.15, 0.2) is 0 Å². The van der Waals surface area contributed by atoms with Crippen LogP contribution in [-0.2, 0) is 4.65 Å². The molecular formula is C10H18BN4O. The molecule has 0 unspecified atom stereocenters. The first kappa shape index (κ1) is 12.9. The van der Waals surface area contributed by atoms with E-state index >= 15 is 0 Å². The number of hydrogen-bond acceptors (Lipinski definition) is 5. The summed E-state index contributed by atoms with van der Waals surface area (Å²) in [5, 5.41) is 0. The Labute approximate surface area is 96.9 Å². The molecule has 0 aliphatic carbocycles. The van der Waals surface area contributed by atoms with Crippen LogP contribution in [0.5, 0.6) is 0 Å². The van der Waals surface area contributed by atoms with Gasteiger partial charge in [-0.25, -0.2) is 4.98 Å². The van der Waals surface area contributed by atoms with Crippen LogP contribution in [0.2, 0.25) is 0 Å². The molecule has 1 heterocycles. The first-order valence-electron chi connectivity index (χ1n) is 5.10. The van der Waals surface area contributed by atoms with E-state index in [0.29, 0.717) is 11.4 Å². The molecule has 0 atom stereocenters. The number of nitrogen functional groups attached to an aromatic ring is 1. The van der Waals surface area contributed by atoms with E-state index in [-0.39, 0.29) is 0 Å². The first-order valence-corrected chi connectivity index (χ1v) is 5.10. The molecule has 0 saturated heterocycles. The monoisotopic (exact) mass is 221 g/mol. The van der Waals surface area contributed by atoms with Crippen LogP contribution in [0.15, 0.2) is 12.4 Å². The molecule has 6 heteroatoms. The summed E-state index contributed by atoms with van der Waals surface area (Å²) in [4.78, 5) is 7.97. The Hall–Kier alpha value is -1.14. The molecule has 0 spiro atoms. The molecular weight excluding hydrogens is 203 g/mol. The minimum atomic E-state index is -0.490. The van der Waals surface area contributed by atoms with E-state index in [4.69, 9.17) is 16.1 Å². The van der Waals surface area contributed by atoms with Crippen molar-refractivity contribution in [3.05, 3.63) is 12.4 Å². The van der Waals surface area contributed by atoms with Gasteiger partial charge in [0.1, 0.15) is 5.82 Å². The van der Waals surface area contributed by atoms with Gasteiger partial charge in [0.25, 0.3) is 0 Å². The minimum absolute atomic E-state index is 0.385. The Bertz CT molecular complexity index is 345. The van der Waals surface area contributed by atoms with Crippen molar-refractivity contribution >= 4 is 18.9 Å². The summed E-state index contributed by atoms with van der Waals surface area (Å²) in [6.07, 6.45) is 3.03. The highest BCUT2D eigenvalue weighted by Crippen LogP contribution is 2.21. The normalized spacial score (nSPS) is 12.6. The molecule has 0 aliphatic heterocycles. The van der Waals surface area contributed by atoms with E-state index in [2.05, 4.69) is 9.97 Å². The SMILES string of the molecule is CC(C)(N)C(C)(C)O[B]c1cnc(N)cn1. The van der Waals surface area contributed by atoms with Crippen LogP contribution in [0.25, 0.3) is 0 Å². The summed E-state index contributed by atoms with van der Waals surface area (Å²) in [5.41, 5.74) is 11.1. The van der Waals surface area contributed by atoms with Crippen molar-refractivity contribution in [2.45, 2.75) is 38.8 Å². The zero-order valence-electron chi connectivity index (χ0n) is 10.2. The van der Waals surface area contributed by atoms with Crippen LogP contribution in [0.4, 0.5) is 5.82 Å². The molecule has 0 amide bonds. The molecule has 0 bridgehead atoms. The minimum Gasteiger partial charge on any atom is -0.426 e. The number of rotatable bonds is 4. The largest absolute Gasteiger partial charge is 0.426 e. The van der Waals surface area contributed by atoms with Crippen LogP contribution in [0.3, 0.4) is 0 Å². The molecule has 4 N–H and O–H groups in total. The predicted molar refractivity (Wildman–Crippen MR) is 65.3 cm³/mol. The van der Waals surface area contributed by atoms with Crippen LogP contribution >= 0.6 is 0 Å². The summed E-state index contributed by atoms with van der Waals surface area (Å²) in [5.74, 6) is 0.385. The van der Waals surface area contributed by atoms with Crippen LogP contribution in [0.1, 0.15) is 27.7 Å². The van der Waals surface area contributed by atoms with Gasteiger partial charge in [0, 0.05) is 11.7 Å². The fourth-order valence-corrected chi connectivity index (χ4v) is 0.768. The van der Waals surface area contributed by atoms with Crippen molar-refractivity contribution in [2.75, 3.05) is 5.73 Å². The average Bonchev–Trinajstić information content (AvgIpc) is 2.15. The van der Waals surface area contributed by atoms with Gasteiger partial charge in [-0.15, -0.1) is 0 Å². The second-order valence-corrected chi connectivity index (χ2v) is 4.83. The summed E-state index contributed by atoms with van der Waals surface area (Å²) in [6.45, 7) is 7.67. The van der Waals surface area contributed by atoms with Crippen molar-refractivity contribution in [1.82, 2.24) is 9.97 Å². The molecule has 0 fully saturated rings. The van der Waals surface area contributed by atoms with Gasteiger partial charge in [0.2, 0.25) is 0 Å². The molecule has 1 aromatic heterocycles. The summed E-state index contributed by atoms with van der Waals surface area (Å²) < 4.78 is 5.63. The summed E-state index contributed by atoms with van der Waals surface area (Å²) in [7, 11) is 1.54. The van der Waals surface area contributed by atoms with Crippen LogP contribution < -0.4 is 17.1 Å². The van der Waals surface area contributed by atoms with Gasteiger partial charge in [-0.3, -0.25) is 4.98 Å². The van der Waals surface area contributed by atoms with E-state index < -0.39 is 11.1 Å². The third kappa shape index (κ3) is 3.18. The highest BCUT2D eigenvalue weighted by molar-refractivity contribution is 6.45. The molecule has 1 radical (unpaired) electrons. The average molecular weight is 221 g/mol. The van der Waals surface area contributed by atoms with Crippen LogP contribution in [0, 0.1) is 0 Å². The van der Waals surface area contributed by atoms with Gasteiger partial charge in [-0.1, -0.05) is 0 Å². The van der Waals surface area contributed by atoms with Crippen molar-refractivity contribution in [3.8, 4) is 0 Å². The standard InChI is InChI=1S/C10H18BN4O/c1-9(2,13)10(3,4)16-11-7-5-15-8(12)6-14-7/h5-6H,13H2,1-4H3,(H2,12,15). The molecule has 0 aliphatic rings. The Morgan fingerprint density at radius 2 is 1.81 bits per heavy atom. The first-order chi connectivity index (χ1) is 7.22. The fraction of sp³-hybridized carbons (Fsp3) is 0.600. The molecule has 1 rings (SSSR count). The Balaban J connectivity index is 2.61. The number of nitrogens with two attached hydrogens (primary N) is 2. The van der Waals surface area contributed by atoms with Gasteiger partial charge >= 0.3 is 7.48 Å². The van der Waals surface area contributed by atoms with E-state index in [1.54, 1.807) is 13.7 Å². The third-order valence-corrected chi connectivity index (χ3v) is 2.72. The molecule has 0 saturated carbocycles. The Morgan fingerprint density at radius 3 is 2.25 bits per heavy atom. The maximum atomic E-state index is 6.00. The second kappa shape index (κ2) is 4.39. The van der Waals surface area contributed by atoms with Gasteiger partial charge in [-0.05, 0) is 27.7 Å². The molecule has 0 aromatic carbocycles. The molecule has 87 valence electrons. The lowest BCUT2D eigenvalue weighted by molar-refractivity contribution is 0.0461. The van der Waals surface area contributed by atoms with Crippen molar-refractivity contribution in [3.63, 3.8) is 0 Å². The highest BCUT2D eigenvalue weighted by atomic mass is 16.5. The zero-order valence-corrected chi connectivity index (χ0v) is 10.2. The fourth-order valence-electron chi connectivity index (χ4n) is 0.768.